The van der Waals surface area contributed by atoms with Crippen molar-refractivity contribution in [2.45, 2.75) is 6.42 Å². The molecule has 0 aliphatic heterocycles. The van der Waals surface area contributed by atoms with Gasteiger partial charge in [0.05, 0.1) is 11.9 Å². The highest BCUT2D eigenvalue weighted by Crippen LogP contribution is 2.16. The lowest BCUT2D eigenvalue weighted by Crippen LogP contribution is -2.24. The summed E-state index contributed by atoms with van der Waals surface area (Å²) < 4.78 is 26.0. The van der Waals surface area contributed by atoms with E-state index in [0.29, 0.717) is 5.39 Å². The Hall–Kier alpha value is -2.24. The van der Waals surface area contributed by atoms with Crippen LogP contribution >= 0.6 is 0 Å². The van der Waals surface area contributed by atoms with Gasteiger partial charge in [-0.05, 0) is 12.1 Å². The number of aromatic nitrogens is 1. The van der Waals surface area contributed by atoms with Gasteiger partial charge in [-0.2, -0.15) is 0 Å². The zero-order valence-electron chi connectivity index (χ0n) is 9.51. The summed E-state index contributed by atoms with van der Waals surface area (Å²) in [5, 5.41) is 2.72. The molecule has 0 spiro atoms. The van der Waals surface area contributed by atoms with Crippen molar-refractivity contribution in [1.82, 2.24) is 10.3 Å². The van der Waals surface area contributed by atoms with Crippen molar-refractivity contribution in [3.8, 4) is 0 Å². The average Bonchev–Trinajstić information content (AvgIpc) is 2.32. The summed E-state index contributed by atoms with van der Waals surface area (Å²) in [5.74, 6) is -2.36. The van der Waals surface area contributed by atoms with Crippen LogP contribution in [0.25, 0.3) is 10.9 Å². The molecule has 0 atom stereocenters. The first-order chi connectivity index (χ1) is 8.51. The Morgan fingerprint density at radius 2 is 2.00 bits per heavy atom. The number of hydrogen-bond acceptors (Lipinski definition) is 2. The maximum atomic E-state index is 13.1. The number of nitrogens with one attached hydrogen (secondary N) is 2. The summed E-state index contributed by atoms with van der Waals surface area (Å²) in [6.45, 7) is 0. The normalized spacial score (nSPS) is 10.6. The predicted molar refractivity (Wildman–Crippen MR) is 64.4 cm³/mol. The van der Waals surface area contributed by atoms with Crippen molar-refractivity contribution < 1.29 is 15.0 Å². The van der Waals surface area contributed by atoms with E-state index in [-0.39, 0.29) is 24.8 Å². The lowest BCUT2D eigenvalue weighted by atomic mass is 10.1. The fourth-order valence-corrected chi connectivity index (χ4v) is 1.64. The molecular formula is C12H12F2N2O2. The molecule has 1 amide bonds. The number of carbonyl (C=O) groups is 1. The molecule has 1 aromatic carbocycles. The fourth-order valence-electron chi connectivity index (χ4n) is 1.64. The number of fused-ring (bicyclic) bond motifs is 1. The van der Waals surface area contributed by atoms with Crippen molar-refractivity contribution >= 4 is 16.8 Å². The number of halogens is 2. The van der Waals surface area contributed by atoms with Crippen LogP contribution in [-0.2, 0) is 11.2 Å². The lowest BCUT2D eigenvalue weighted by Gasteiger charge is -2.03. The number of amides is 1. The first kappa shape index (κ1) is 12.2. The smallest absolute Gasteiger partial charge is 0.252 e. The highest BCUT2D eigenvalue weighted by molar-refractivity contribution is 5.82. The molecule has 2 N–H and O–H groups in total. The molecule has 2 rings (SSSR count). The monoisotopic (exact) mass is 254 g/mol. The molecular weight excluding hydrogens is 242 g/mol. The topological polar surface area (TPSA) is 62.0 Å². The second-order valence-electron chi connectivity index (χ2n) is 3.83. The van der Waals surface area contributed by atoms with E-state index in [0.717, 1.165) is 12.1 Å². The van der Waals surface area contributed by atoms with Crippen LogP contribution in [0.15, 0.2) is 23.0 Å². The molecule has 0 bridgehead atoms. The number of hydrogen-bond donors (Lipinski definition) is 2. The zero-order valence-corrected chi connectivity index (χ0v) is 9.51. The number of carbonyl (C=O) groups excluding carboxylic acids is 1. The standard InChI is InChI=1S/C12H10F2N2O2.H2/c1-15-11(17)4-7-2-6-3-8(13)9(14)5-10(6)16-12(7)18;/h2-3,5H,4H2,1H3,(H,15,17)(H,16,18);1H. The fraction of sp³-hybridized carbons (Fsp3) is 0.167. The van der Waals surface area contributed by atoms with Gasteiger partial charge in [-0.1, -0.05) is 0 Å². The molecule has 96 valence electrons. The van der Waals surface area contributed by atoms with Gasteiger partial charge in [0, 0.05) is 25.5 Å². The summed E-state index contributed by atoms with van der Waals surface area (Å²) >= 11 is 0. The van der Waals surface area contributed by atoms with Gasteiger partial charge >= 0.3 is 0 Å². The van der Waals surface area contributed by atoms with E-state index >= 15 is 0 Å². The minimum absolute atomic E-state index is 0. The second-order valence-corrected chi connectivity index (χ2v) is 3.83. The van der Waals surface area contributed by atoms with Crippen LogP contribution in [-0.4, -0.2) is 17.9 Å². The molecule has 0 saturated heterocycles. The first-order valence-electron chi connectivity index (χ1n) is 5.23. The van der Waals surface area contributed by atoms with Crippen LogP contribution < -0.4 is 10.9 Å². The van der Waals surface area contributed by atoms with E-state index in [1.54, 1.807) is 0 Å². The number of benzene rings is 1. The van der Waals surface area contributed by atoms with E-state index in [1.165, 1.54) is 13.1 Å². The van der Waals surface area contributed by atoms with E-state index in [1.807, 2.05) is 0 Å². The number of pyridine rings is 1. The summed E-state index contributed by atoms with van der Waals surface area (Å²) in [5.41, 5.74) is -0.0930. The quantitative estimate of drug-likeness (QED) is 0.849. The maximum Gasteiger partial charge on any atom is 0.252 e. The predicted octanol–water partition coefficient (Wildman–Crippen LogP) is 1.34. The Bertz CT molecular complexity index is 685. The average molecular weight is 254 g/mol. The van der Waals surface area contributed by atoms with Crippen LogP contribution in [0.5, 0.6) is 0 Å². The van der Waals surface area contributed by atoms with E-state index < -0.39 is 17.2 Å². The Morgan fingerprint density at radius 3 is 2.67 bits per heavy atom. The van der Waals surface area contributed by atoms with Gasteiger partial charge in [0.1, 0.15) is 0 Å². The van der Waals surface area contributed by atoms with Crippen molar-refractivity contribution in [2.75, 3.05) is 7.05 Å². The minimum atomic E-state index is -1.03. The Balaban J connectivity index is 0.00000180. The van der Waals surface area contributed by atoms with Crippen LogP contribution in [0, 0.1) is 11.6 Å². The maximum absolute atomic E-state index is 13.1. The number of aromatic amines is 1. The summed E-state index contributed by atoms with van der Waals surface area (Å²) in [7, 11) is 1.45. The molecule has 6 heteroatoms. The molecule has 0 aliphatic carbocycles. The summed E-state index contributed by atoms with van der Waals surface area (Å²) in [4.78, 5) is 25.2. The van der Waals surface area contributed by atoms with Gasteiger partial charge < -0.3 is 10.3 Å². The lowest BCUT2D eigenvalue weighted by molar-refractivity contribution is -0.119. The highest BCUT2D eigenvalue weighted by atomic mass is 19.2. The summed E-state index contributed by atoms with van der Waals surface area (Å²) in [6.07, 6.45) is -0.110. The van der Waals surface area contributed by atoms with Crippen LogP contribution in [0.4, 0.5) is 8.78 Å². The van der Waals surface area contributed by atoms with Crippen molar-refractivity contribution in [1.29, 1.82) is 0 Å². The van der Waals surface area contributed by atoms with Gasteiger partial charge in [-0.25, -0.2) is 8.78 Å². The number of likely N-dealkylation sites (N-methyl/N-ethyl adjacent to an activating group) is 1. The zero-order chi connectivity index (χ0) is 13.3. The van der Waals surface area contributed by atoms with Crippen LogP contribution in [0.3, 0.4) is 0 Å². The molecule has 0 saturated carbocycles. The van der Waals surface area contributed by atoms with Crippen LogP contribution in [0.2, 0.25) is 0 Å². The van der Waals surface area contributed by atoms with Crippen LogP contribution in [0.1, 0.15) is 6.99 Å². The van der Waals surface area contributed by atoms with Gasteiger partial charge in [-0.3, -0.25) is 9.59 Å². The van der Waals surface area contributed by atoms with E-state index in [2.05, 4.69) is 10.3 Å². The van der Waals surface area contributed by atoms with Crippen molar-refractivity contribution in [3.05, 3.63) is 45.8 Å². The molecule has 0 aliphatic rings. The molecule has 1 aromatic heterocycles. The third kappa shape index (κ3) is 2.22. The minimum Gasteiger partial charge on any atom is -0.359 e. The largest absolute Gasteiger partial charge is 0.359 e. The molecule has 0 fully saturated rings. The van der Waals surface area contributed by atoms with Gasteiger partial charge in [0.2, 0.25) is 5.91 Å². The van der Waals surface area contributed by atoms with Gasteiger partial charge in [-0.15, -0.1) is 0 Å². The molecule has 2 aromatic rings. The highest BCUT2D eigenvalue weighted by Gasteiger charge is 2.10. The summed E-state index contributed by atoms with van der Waals surface area (Å²) in [6, 6.07) is 3.27. The van der Waals surface area contributed by atoms with Gasteiger partial charge in [0.15, 0.2) is 11.6 Å². The van der Waals surface area contributed by atoms with E-state index in [9.17, 15) is 18.4 Å². The molecule has 1 heterocycles. The molecule has 4 nitrogen and oxygen atoms in total. The third-order valence-corrected chi connectivity index (χ3v) is 2.59. The van der Waals surface area contributed by atoms with Gasteiger partial charge in [0.25, 0.3) is 5.56 Å². The molecule has 0 unspecified atom stereocenters. The second kappa shape index (κ2) is 4.56. The van der Waals surface area contributed by atoms with E-state index in [4.69, 9.17) is 0 Å². The Labute approximate surface area is 102 Å². The van der Waals surface area contributed by atoms with Crippen molar-refractivity contribution in [2.24, 2.45) is 0 Å². The number of rotatable bonds is 2. The number of H-pyrrole nitrogens is 1. The molecule has 18 heavy (non-hydrogen) atoms. The first-order valence-corrected chi connectivity index (χ1v) is 5.23. The SMILES string of the molecule is CNC(=O)Cc1cc2cc(F)c(F)cc2[nH]c1=O.[HH]. The third-order valence-electron chi connectivity index (χ3n) is 2.59. The Morgan fingerprint density at radius 1 is 1.33 bits per heavy atom. The molecule has 0 radical (unpaired) electrons. The van der Waals surface area contributed by atoms with Crippen molar-refractivity contribution in [3.63, 3.8) is 0 Å². The Kier molecular flexibility index (Phi) is 3.10.